The van der Waals surface area contributed by atoms with Crippen LogP contribution in [0.25, 0.3) is 0 Å². The van der Waals surface area contributed by atoms with Crippen LogP contribution in [0, 0.1) is 0 Å². The van der Waals surface area contributed by atoms with Gasteiger partial charge >= 0.3 is 0 Å². The Bertz CT molecular complexity index is 489. The first-order valence-corrected chi connectivity index (χ1v) is 7.33. The summed E-state index contributed by atoms with van der Waals surface area (Å²) in [6.07, 6.45) is 2.77. The zero-order valence-electron chi connectivity index (χ0n) is 11.5. The van der Waals surface area contributed by atoms with Crippen LogP contribution in [0.2, 0.25) is 10.0 Å². The van der Waals surface area contributed by atoms with Crippen LogP contribution in [-0.2, 0) is 4.79 Å². The lowest BCUT2D eigenvalue weighted by Crippen LogP contribution is -2.18. The lowest BCUT2D eigenvalue weighted by atomic mass is 10.2. The van der Waals surface area contributed by atoms with E-state index in [1.54, 1.807) is 12.1 Å². The molecule has 0 heterocycles. The van der Waals surface area contributed by atoms with Gasteiger partial charge in [-0.25, -0.2) is 4.99 Å². The quantitative estimate of drug-likeness (QED) is 0.593. The average molecular weight is 316 g/mol. The summed E-state index contributed by atoms with van der Waals surface area (Å²) in [6, 6.07) is 5.29. The molecule has 0 bridgehead atoms. The van der Waals surface area contributed by atoms with Crippen LogP contribution in [0.15, 0.2) is 23.2 Å². The van der Waals surface area contributed by atoms with E-state index in [-0.39, 0.29) is 5.91 Å². The van der Waals surface area contributed by atoms with Gasteiger partial charge in [0.15, 0.2) is 0 Å². The Morgan fingerprint density at radius 2 is 2.05 bits per heavy atom. The molecule has 0 radical (unpaired) electrons. The van der Waals surface area contributed by atoms with E-state index in [1.165, 1.54) is 0 Å². The van der Waals surface area contributed by atoms with Crippen molar-refractivity contribution >= 4 is 40.6 Å². The minimum Gasteiger partial charge on any atom is -0.387 e. The molecule has 0 aliphatic carbocycles. The van der Waals surface area contributed by atoms with Gasteiger partial charge in [-0.15, -0.1) is 0 Å². The van der Waals surface area contributed by atoms with Gasteiger partial charge in [0.05, 0.1) is 10.0 Å². The van der Waals surface area contributed by atoms with Crippen molar-refractivity contribution in [3.05, 3.63) is 28.2 Å². The number of aliphatic imine (C=N–C) groups is 1. The molecule has 0 fully saturated rings. The molecule has 110 valence electrons. The van der Waals surface area contributed by atoms with Crippen LogP contribution >= 0.6 is 23.2 Å². The number of nitrogens with zero attached hydrogens (tertiary/aromatic N) is 1. The Morgan fingerprint density at radius 1 is 1.30 bits per heavy atom. The molecule has 1 aromatic rings. The fourth-order valence-corrected chi connectivity index (χ4v) is 1.84. The van der Waals surface area contributed by atoms with Crippen molar-refractivity contribution in [3.63, 3.8) is 0 Å². The van der Waals surface area contributed by atoms with E-state index in [2.05, 4.69) is 10.3 Å². The molecule has 0 unspecified atom stereocenters. The fourth-order valence-electron chi connectivity index (χ4n) is 1.54. The average Bonchev–Trinajstić information content (AvgIpc) is 2.40. The summed E-state index contributed by atoms with van der Waals surface area (Å²) in [4.78, 5) is 15.3. The number of benzene rings is 1. The van der Waals surface area contributed by atoms with Crippen LogP contribution in [0.4, 0.5) is 5.69 Å². The number of nitrogens with two attached hydrogens (primary N) is 1. The summed E-state index contributed by atoms with van der Waals surface area (Å²) in [5.74, 6) is 0.192. The van der Waals surface area contributed by atoms with Crippen LogP contribution in [0.3, 0.4) is 0 Å². The van der Waals surface area contributed by atoms with Gasteiger partial charge in [-0.05, 0) is 24.6 Å². The second-order valence-corrected chi connectivity index (χ2v) is 5.22. The molecule has 6 heteroatoms. The molecular weight excluding hydrogens is 297 g/mol. The van der Waals surface area contributed by atoms with Crippen molar-refractivity contribution in [2.75, 3.05) is 11.9 Å². The molecule has 0 aliphatic rings. The molecule has 4 nitrogen and oxygen atoms in total. The predicted octanol–water partition coefficient (Wildman–Crippen LogP) is 3.87. The highest BCUT2D eigenvalue weighted by Gasteiger charge is 2.02. The van der Waals surface area contributed by atoms with Crippen LogP contribution < -0.4 is 11.1 Å². The smallest absolute Gasteiger partial charge is 0.247 e. The predicted molar refractivity (Wildman–Crippen MR) is 85.7 cm³/mol. The normalized spacial score (nSPS) is 11.4. The third kappa shape index (κ3) is 6.26. The summed E-state index contributed by atoms with van der Waals surface area (Å²) in [6.45, 7) is 2.61. The van der Waals surface area contributed by atoms with Crippen LogP contribution in [-0.4, -0.2) is 18.3 Å². The van der Waals surface area contributed by atoms with Crippen molar-refractivity contribution in [2.45, 2.75) is 32.6 Å². The number of hydrogen-bond acceptors (Lipinski definition) is 2. The lowest BCUT2D eigenvalue weighted by Gasteiger charge is -2.07. The van der Waals surface area contributed by atoms with Crippen molar-refractivity contribution in [1.29, 1.82) is 0 Å². The number of unbranched alkanes of at least 4 members (excludes halogenated alkanes) is 1. The minimum atomic E-state index is -0.154. The molecule has 0 spiro atoms. The molecular formula is C14H19Cl2N3O. The van der Waals surface area contributed by atoms with E-state index in [0.717, 1.165) is 18.5 Å². The third-order valence-corrected chi connectivity index (χ3v) is 3.38. The van der Waals surface area contributed by atoms with Crippen molar-refractivity contribution < 1.29 is 4.79 Å². The van der Waals surface area contributed by atoms with E-state index in [1.807, 2.05) is 13.0 Å². The molecule has 1 amide bonds. The number of carbonyl (C=O) groups is 1. The van der Waals surface area contributed by atoms with Crippen molar-refractivity contribution in [1.82, 2.24) is 0 Å². The monoisotopic (exact) mass is 315 g/mol. The van der Waals surface area contributed by atoms with E-state index < -0.39 is 0 Å². The molecule has 0 saturated carbocycles. The summed E-state index contributed by atoms with van der Waals surface area (Å²) in [5, 5.41) is 4.15. The molecule has 0 aliphatic heterocycles. The third-order valence-electron chi connectivity index (χ3n) is 2.64. The van der Waals surface area contributed by atoms with E-state index in [0.29, 0.717) is 35.3 Å². The number of hydrogen-bond donors (Lipinski definition) is 2. The molecule has 3 N–H and O–H groups in total. The first-order valence-electron chi connectivity index (χ1n) is 6.57. The van der Waals surface area contributed by atoms with Gasteiger partial charge in [0, 0.05) is 25.1 Å². The Labute approximate surface area is 129 Å². The van der Waals surface area contributed by atoms with Gasteiger partial charge < -0.3 is 11.1 Å². The van der Waals surface area contributed by atoms with Gasteiger partial charge in [0.25, 0.3) is 0 Å². The second kappa shape index (κ2) is 8.82. The van der Waals surface area contributed by atoms with Crippen molar-refractivity contribution in [3.8, 4) is 0 Å². The number of amides is 1. The van der Waals surface area contributed by atoms with Gasteiger partial charge in [-0.3, -0.25) is 4.79 Å². The fraction of sp³-hybridized carbons (Fsp3) is 0.429. The van der Waals surface area contributed by atoms with Gasteiger partial charge in [-0.1, -0.05) is 36.5 Å². The van der Waals surface area contributed by atoms with Crippen LogP contribution in [0.5, 0.6) is 0 Å². The van der Waals surface area contributed by atoms with Crippen molar-refractivity contribution in [2.24, 2.45) is 10.7 Å². The summed E-state index contributed by atoms with van der Waals surface area (Å²) < 4.78 is 0. The number of anilines is 1. The SMILES string of the molecule is CCCCC(=O)N=C(N)CCNc1ccc(Cl)c(Cl)c1. The number of halogens is 2. The second-order valence-electron chi connectivity index (χ2n) is 4.41. The van der Waals surface area contributed by atoms with E-state index in [9.17, 15) is 4.79 Å². The number of carbonyl (C=O) groups excluding carboxylic acids is 1. The first-order chi connectivity index (χ1) is 9.52. The largest absolute Gasteiger partial charge is 0.387 e. The summed E-state index contributed by atoms with van der Waals surface area (Å²) >= 11 is 11.7. The topological polar surface area (TPSA) is 67.5 Å². The molecule has 0 aromatic heterocycles. The highest BCUT2D eigenvalue weighted by Crippen LogP contribution is 2.24. The molecule has 0 atom stereocenters. The highest BCUT2D eigenvalue weighted by molar-refractivity contribution is 6.42. The first kappa shape index (κ1) is 16.8. The Morgan fingerprint density at radius 3 is 2.70 bits per heavy atom. The molecule has 20 heavy (non-hydrogen) atoms. The lowest BCUT2D eigenvalue weighted by molar-refractivity contribution is -0.117. The maximum absolute atomic E-state index is 11.4. The summed E-state index contributed by atoms with van der Waals surface area (Å²) in [5.41, 5.74) is 6.56. The Hall–Kier alpha value is -1.26. The van der Waals surface area contributed by atoms with E-state index in [4.69, 9.17) is 28.9 Å². The maximum atomic E-state index is 11.4. The standard InChI is InChI=1S/C14H19Cl2N3O/c1-2-3-4-14(20)19-13(17)7-8-18-10-5-6-11(15)12(16)9-10/h5-6,9,18H,2-4,7-8H2,1H3,(H2,17,19,20). The minimum absolute atomic E-state index is 0.154. The Balaban J connectivity index is 2.37. The van der Waals surface area contributed by atoms with Crippen LogP contribution in [0.1, 0.15) is 32.6 Å². The number of amidine groups is 1. The Kier molecular flexibility index (Phi) is 7.41. The zero-order valence-corrected chi connectivity index (χ0v) is 13.0. The van der Waals surface area contributed by atoms with Gasteiger partial charge in [0.2, 0.25) is 5.91 Å². The van der Waals surface area contributed by atoms with E-state index >= 15 is 0 Å². The highest BCUT2D eigenvalue weighted by atomic mass is 35.5. The number of nitrogens with one attached hydrogen (secondary N) is 1. The van der Waals surface area contributed by atoms with Gasteiger partial charge in [-0.2, -0.15) is 0 Å². The van der Waals surface area contributed by atoms with Gasteiger partial charge in [0.1, 0.15) is 5.84 Å². The zero-order chi connectivity index (χ0) is 15.0. The maximum Gasteiger partial charge on any atom is 0.247 e. The number of rotatable bonds is 7. The molecule has 1 aromatic carbocycles. The summed E-state index contributed by atoms with van der Waals surface area (Å²) in [7, 11) is 0. The molecule has 1 rings (SSSR count). The molecule has 0 saturated heterocycles.